The van der Waals surface area contributed by atoms with E-state index in [1.54, 1.807) is 19.2 Å². The van der Waals surface area contributed by atoms with Crippen LogP contribution in [0.2, 0.25) is 0 Å². The molecule has 0 fully saturated rings. The average Bonchev–Trinajstić information content (AvgIpc) is 2.40. The van der Waals surface area contributed by atoms with Crippen LogP contribution in [0.25, 0.3) is 0 Å². The van der Waals surface area contributed by atoms with Gasteiger partial charge in [0.05, 0.1) is 5.56 Å². The maximum atomic E-state index is 13.0. The van der Waals surface area contributed by atoms with Crippen LogP contribution in [-0.4, -0.2) is 17.9 Å². The minimum atomic E-state index is -0.486. The minimum Gasteiger partial charge on any atom is -0.398 e. The first-order valence-electron chi connectivity index (χ1n) is 6.02. The van der Waals surface area contributed by atoms with E-state index >= 15 is 0 Å². The van der Waals surface area contributed by atoms with Crippen LogP contribution in [0.4, 0.5) is 14.5 Å². The zero-order valence-electron chi connectivity index (χ0n) is 10.9. The number of nitrogen functional groups attached to an aromatic ring is 1. The summed E-state index contributed by atoms with van der Waals surface area (Å²) in [6.07, 6.45) is 0. The van der Waals surface area contributed by atoms with Gasteiger partial charge in [0.2, 0.25) is 0 Å². The highest BCUT2D eigenvalue weighted by atomic mass is 19.1. The molecule has 0 bridgehead atoms. The summed E-state index contributed by atoms with van der Waals surface area (Å²) in [4.78, 5) is 13.6. The van der Waals surface area contributed by atoms with Crippen molar-refractivity contribution < 1.29 is 13.6 Å². The molecule has 2 aromatic rings. The number of benzene rings is 2. The van der Waals surface area contributed by atoms with E-state index in [-0.39, 0.29) is 23.0 Å². The first-order chi connectivity index (χ1) is 9.47. The van der Waals surface area contributed by atoms with Crippen molar-refractivity contribution in [2.45, 2.75) is 6.54 Å². The molecule has 0 unspecified atom stereocenters. The third kappa shape index (κ3) is 3.12. The van der Waals surface area contributed by atoms with Crippen molar-refractivity contribution in [3.63, 3.8) is 0 Å². The molecule has 0 saturated heterocycles. The zero-order chi connectivity index (χ0) is 14.7. The highest BCUT2D eigenvalue weighted by Gasteiger charge is 2.15. The molecule has 5 heteroatoms. The molecule has 0 saturated carbocycles. The summed E-state index contributed by atoms with van der Waals surface area (Å²) in [7, 11) is 1.61. The third-order valence-corrected chi connectivity index (χ3v) is 2.92. The van der Waals surface area contributed by atoms with E-state index in [0.717, 1.165) is 11.6 Å². The van der Waals surface area contributed by atoms with Crippen molar-refractivity contribution in [3.8, 4) is 0 Å². The van der Waals surface area contributed by atoms with Gasteiger partial charge in [-0.1, -0.05) is 12.1 Å². The summed E-state index contributed by atoms with van der Waals surface area (Å²) < 4.78 is 25.8. The molecular weight excluding hydrogens is 262 g/mol. The Hall–Kier alpha value is -2.43. The molecule has 3 nitrogen and oxygen atoms in total. The van der Waals surface area contributed by atoms with Crippen molar-refractivity contribution in [2.75, 3.05) is 12.8 Å². The van der Waals surface area contributed by atoms with Crippen LogP contribution in [0, 0.1) is 11.6 Å². The van der Waals surface area contributed by atoms with Gasteiger partial charge in [-0.15, -0.1) is 0 Å². The quantitative estimate of drug-likeness (QED) is 0.876. The van der Waals surface area contributed by atoms with Gasteiger partial charge in [-0.05, 0) is 35.9 Å². The Morgan fingerprint density at radius 2 is 1.70 bits per heavy atom. The molecule has 104 valence electrons. The molecule has 2 rings (SSSR count). The predicted molar refractivity (Wildman–Crippen MR) is 73.0 cm³/mol. The minimum absolute atomic E-state index is 0.0981. The molecule has 0 aliphatic rings. The molecule has 1 amide bonds. The molecule has 0 spiro atoms. The summed E-state index contributed by atoms with van der Waals surface area (Å²) in [6.45, 7) is 0.315. The van der Waals surface area contributed by atoms with Crippen molar-refractivity contribution in [3.05, 3.63) is 65.2 Å². The Labute approximate surface area is 115 Å². The summed E-state index contributed by atoms with van der Waals surface area (Å²) in [5, 5.41) is 0. The Morgan fingerprint density at radius 1 is 1.10 bits per heavy atom. The molecular formula is C15H14F2N2O. The van der Waals surface area contributed by atoms with Gasteiger partial charge in [0.15, 0.2) is 0 Å². The number of nitrogens with zero attached hydrogens (tertiary/aromatic N) is 1. The standard InChI is InChI=1S/C15H14F2N2O/c1-19(9-10-2-4-11(16)5-3-10)15(20)13-7-6-12(17)8-14(13)18/h2-8H,9,18H2,1H3. The Kier molecular flexibility index (Phi) is 3.98. The smallest absolute Gasteiger partial charge is 0.255 e. The second kappa shape index (κ2) is 5.69. The maximum absolute atomic E-state index is 13.0. The number of carbonyl (C=O) groups is 1. The van der Waals surface area contributed by atoms with Crippen LogP contribution in [0.15, 0.2) is 42.5 Å². The number of halogens is 2. The van der Waals surface area contributed by atoms with E-state index in [2.05, 4.69) is 0 Å². The zero-order valence-corrected chi connectivity index (χ0v) is 10.9. The summed E-state index contributed by atoms with van der Waals surface area (Å²) in [6, 6.07) is 9.53. The molecule has 2 aromatic carbocycles. The molecule has 0 atom stereocenters. The number of nitrogens with two attached hydrogens (primary N) is 1. The van der Waals surface area contributed by atoms with Crippen molar-refractivity contribution in [1.82, 2.24) is 4.90 Å². The Bertz CT molecular complexity index is 626. The summed E-state index contributed by atoms with van der Waals surface area (Å²) in [5.41, 5.74) is 6.78. The van der Waals surface area contributed by atoms with Gasteiger partial charge in [0.1, 0.15) is 11.6 Å². The van der Waals surface area contributed by atoms with Crippen LogP contribution in [0.5, 0.6) is 0 Å². The topological polar surface area (TPSA) is 46.3 Å². The number of anilines is 1. The molecule has 0 aliphatic heterocycles. The van der Waals surface area contributed by atoms with Crippen molar-refractivity contribution in [2.24, 2.45) is 0 Å². The van der Waals surface area contributed by atoms with Crippen LogP contribution in [-0.2, 0) is 6.54 Å². The van der Waals surface area contributed by atoms with E-state index in [0.29, 0.717) is 6.54 Å². The second-order valence-electron chi connectivity index (χ2n) is 4.52. The maximum Gasteiger partial charge on any atom is 0.255 e. The lowest BCUT2D eigenvalue weighted by atomic mass is 10.1. The Morgan fingerprint density at radius 3 is 2.30 bits per heavy atom. The SMILES string of the molecule is CN(Cc1ccc(F)cc1)C(=O)c1ccc(F)cc1N. The van der Waals surface area contributed by atoms with Gasteiger partial charge in [-0.3, -0.25) is 4.79 Å². The second-order valence-corrected chi connectivity index (χ2v) is 4.52. The van der Waals surface area contributed by atoms with Crippen LogP contribution in [0.3, 0.4) is 0 Å². The Balaban J connectivity index is 2.14. The highest BCUT2D eigenvalue weighted by Crippen LogP contribution is 2.16. The first-order valence-corrected chi connectivity index (χ1v) is 6.02. The van der Waals surface area contributed by atoms with E-state index in [9.17, 15) is 13.6 Å². The first kappa shape index (κ1) is 14.0. The summed E-state index contributed by atoms with van der Waals surface area (Å²) >= 11 is 0. The lowest BCUT2D eigenvalue weighted by Gasteiger charge is -2.18. The normalized spacial score (nSPS) is 10.3. The average molecular weight is 276 g/mol. The largest absolute Gasteiger partial charge is 0.398 e. The third-order valence-electron chi connectivity index (χ3n) is 2.92. The van der Waals surface area contributed by atoms with Gasteiger partial charge in [-0.25, -0.2) is 8.78 Å². The van der Waals surface area contributed by atoms with Crippen LogP contribution >= 0.6 is 0 Å². The fraction of sp³-hybridized carbons (Fsp3) is 0.133. The lowest BCUT2D eigenvalue weighted by Crippen LogP contribution is -2.27. The van der Waals surface area contributed by atoms with Crippen LogP contribution in [0.1, 0.15) is 15.9 Å². The summed E-state index contributed by atoms with van der Waals surface area (Å²) in [5.74, 6) is -1.13. The van der Waals surface area contributed by atoms with Gasteiger partial charge in [0.25, 0.3) is 5.91 Å². The van der Waals surface area contributed by atoms with Crippen molar-refractivity contribution >= 4 is 11.6 Å². The number of amides is 1. The molecule has 0 heterocycles. The number of carbonyl (C=O) groups excluding carboxylic acids is 1. The van der Waals surface area contributed by atoms with E-state index < -0.39 is 5.82 Å². The molecule has 0 radical (unpaired) electrons. The molecule has 0 aliphatic carbocycles. The lowest BCUT2D eigenvalue weighted by molar-refractivity contribution is 0.0786. The van der Waals surface area contributed by atoms with Gasteiger partial charge in [-0.2, -0.15) is 0 Å². The molecule has 20 heavy (non-hydrogen) atoms. The number of hydrogen-bond donors (Lipinski definition) is 1. The van der Waals surface area contributed by atoms with Gasteiger partial charge in [0, 0.05) is 19.3 Å². The van der Waals surface area contributed by atoms with E-state index in [4.69, 9.17) is 5.73 Å². The number of hydrogen-bond acceptors (Lipinski definition) is 2. The monoisotopic (exact) mass is 276 g/mol. The molecule has 0 aromatic heterocycles. The fourth-order valence-electron chi connectivity index (χ4n) is 1.87. The molecule has 2 N–H and O–H groups in total. The van der Waals surface area contributed by atoms with Crippen molar-refractivity contribution in [1.29, 1.82) is 0 Å². The van der Waals surface area contributed by atoms with E-state index in [1.807, 2.05) is 0 Å². The van der Waals surface area contributed by atoms with Crippen LogP contribution < -0.4 is 5.73 Å². The van der Waals surface area contributed by atoms with Gasteiger partial charge < -0.3 is 10.6 Å². The number of rotatable bonds is 3. The fourth-order valence-corrected chi connectivity index (χ4v) is 1.87. The predicted octanol–water partition coefficient (Wildman–Crippen LogP) is 2.82. The van der Waals surface area contributed by atoms with E-state index in [1.165, 1.54) is 29.2 Å². The highest BCUT2D eigenvalue weighted by molar-refractivity contribution is 5.98. The van der Waals surface area contributed by atoms with Gasteiger partial charge >= 0.3 is 0 Å².